The van der Waals surface area contributed by atoms with Gasteiger partial charge in [0.2, 0.25) is 0 Å². The summed E-state index contributed by atoms with van der Waals surface area (Å²) in [6.45, 7) is 8.79. The molecular weight excluding hydrogens is 150 g/mol. The maximum atomic E-state index is 5.15. The minimum absolute atomic E-state index is 0.374. The molecule has 0 aromatic heterocycles. The van der Waals surface area contributed by atoms with Crippen LogP contribution in [0.1, 0.15) is 27.2 Å². The summed E-state index contributed by atoms with van der Waals surface area (Å²) in [6.07, 6.45) is 1.20. The number of methoxy groups -OCH3 is 1. The first-order chi connectivity index (χ1) is 5.54. The van der Waals surface area contributed by atoms with E-state index in [-0.39, 0.29) is 0 Å². The van der Waals surface area contributed by atoms with Gasteiger partial charge in [0.05, 0.1) is 0 Å². The van der Waals surface area contributed by atoms with Crippen LogP contribution in [0, 0.1) is 11.3 Å². The van der Waals surface area contributed by atoms with Crippen molar-refractivity contribution in [1.29, 1.82) is 0 Å². The zero-order valence-corrected chi connectivity index (χ0v) is 9.11. The van der Waals surface area contributed by atoms with E-state index in [1.165, 1.54) is 6.42 Å². The third-order valence-electron chi connectivity index (χ3n) is 2.77. The van der Waals surface area contributed by atoms with E-state index in [1.807, 2.05) is 7.05 Å². The van der Waals surface area contributed by atoms with Crippen LogP contribution in [0.4, 0.5) is 0 Å². The van der Waals surface area contributed by atoms with Gasteiger partial charge in [-0.25, -0.2) is 0 Å². The average Bonchev–Trinajstić information content (AvgIpc) is 2.01. The number of hydrogen-bond donors (Lipinski definition) is 1. The van der Waals surface area contributed by atoms with Gasteiger partial charge in [0.15, 0.2) is 0 Å². The Labute approximate surface area is 76.7 Å². The second-order valence-electron chi connectivity index (χ2n) is 4.20. The lowest BCUT2D eigenvalue weighted by atomic mass is 9.77. The quantitative estimate of drug-likeness (QED) is 0.662. The van der Waals surface area contributed by atoms with E-state index in [0.717, 1.165) is 13.2 Å². The van der Waals surface area contributed by atoms with Gasteiger partial charge in [0, 0.05) is 13.7 Å². The highest BCUT2D eigenvalue weighted by molar-refractivity contribution is 4.75. The van der Waals surface area contributed by atoms with E-state index in [2.05, 4.69) is 26.1 Å². The molecule has 0 bridgehead atoms. The second-order valence-corrected chi connectivity index (χ2v) is 4.20. The lowest BCUT2D eigenvalue weighted by Gasteiger charge is -2.31. The Balaban J connectivity index is 3.81. The fourth-order valence-electron chi connectivity index (χ4n) is 1.17. The molecule has 1 unspecified atom stereocenters. The Morgan fingerprint density at radius 1 is 1.42 bits per heavy atom. The van der Waals surface area contributed by atoms with Crippen LogP contribution in [0.15, 0.2) is 0 Å². The van der Waals surface area contributed by atoms with Crippen LogP contribution in [-0.2, 0) is 4.74 Å². The highest BCUT2D eigenvalue weighted by Crippen LogP contribution is 2.29. The molecule has 1 N–H and O–H groups in total. The van der Waals surface area contributed by atoms with Crippen molar-refractivity contribution in [2.24, 2.45) is 11.3 Å². The van der Waals surface area contributed by atoms with Crippen LogP contribution in [0.5, 0.6) is 0 Å². The van der Waals surface area contributed by atoms with Gasteiger partial charge in [-0.3, -0.25) is 0 Å². The third-order valence-corrected chi connectivity index (χ3v) is 2.77. The summed E-state index contributed by atoms with van der Waals surface area (Å²) in [4.78, 5) is 0. The van der Waals surface area contributed by atoms with Crippen LogP contribution in [0.2, 0.25) is 0 Å². The molecule has 0 aliphatic heterocycles. The van der Waals surface area contributed by atoms with Crippen molar-refractivity contribution < 1.29 is 4.74 Å². The molecule has 0 saturated carbocycles. The van der Waals surface area contributed by atoms with E-state index in [0.29, 0.717) is 11.3 Å². The summed E-state index contributed by atoms with van der Waals surface area (Å²) >= 11 is 0. The maximum Gasteiger partial charge on any atom is 0.0492 e. The van der Waals surface area contributed by atoms with E-state index in [1.54, 1.807) is 7.11 Å². The van der Waals surface area contributed by atoms with Gasteiger partial charge in [0.25, 0.3) is 0 Å². The first-order valence-corrected chi connectivity index (χ1v) is 4.68. The zero-order chi connectivity index (χ0) is 9.61. The first kappa shape index (κ1) is 11.9. The number of hydrogen-bond acceptors (Lipinski definition) is 2. The lowest BCUT2D eigenvalue weighted by Crippen LogP contribution is -2.28. The average molecular weight is 173 g/mol. The molecule has 0 radical (unpaired) electrons. The summed E-state index contributed by atoms with van der Waals surface area (Å²) in [6, 6.07) is 0. The van der Waals surface area contributed by atoms with Crippen LogP contribution in [0.3, 0.4) is 0 Å². The summed E-state index contributed by atoms with van der Waals surface area (Å²) in [7, 11) is 3.77. The highest BCUT2D eigenvalue weighted by atomic mass is 16.5. The van der Waals surface area contributed by atoms with Gasteiger partial charge in [-0.1, -0.05) is 20.8 Å². The molecule has 0 aromatic carbocycles. The zero-order valence-electron chi connectivity index (χ0n) is 9.11. The van der Waals surface area contributed by atoms with Crippen molar-refractivity contribution in [2.75, 3.05) is 27.3 Å². The van der Waals surface area contributed by atoms with Crippen molar-refractivity contribution >= 4 is 0 Å². The summed E-state index contributed by atoms with van der Waals surface area (Å²) < 4.78 is 5.15. The molecule has 2 nitrogen and oxygen atoms in total. The Morgan fingerprint density at radius 3 is 2.42 bits per heavy atom. The SMILES string of the molecule is CNCCC(C)(C)C(C)COC. The molecule has 0 amide bonds. The van der Waals surface area contributed by atoms with E-state index < -0.39 is 0 Å². The molecule has 0 fully saturated rings. The molecule has 0 rings (SSSR count). The molecule has 0 aliphatic rings. The van der Waals surface area contributed by atoms with Gasteiger partial charge < -0.3 is 10.1 Å². The molecule has 12 heavy (non-hydrogen) atoms. The van der Waals surface area contributed by atoms with Crippen molar-refractivity contribution in [3.05, 3.63) is 0 Å². The Hall–Kier alpha value is -0.0800. The second kappa shape index (κ2) is 5.55. The van der Waals surface area contributed by atoms with E-state index in [9.17, 15) is 0 Å². The van der Waals surface area contributed by atoms with E-state index in [4.69, 9.17) is 4.74 Å². The smallest absolute Gasteiger partial charge is 0.0492 e. The molecule has 0 saturated heterocycles. The predicted molar refractivity (Wildman–Crippen MR) is 53.4 cm³/mol. The molecule has 1 atom stereocenters. The van der Waals surface area contributed by atoms with Crippen molar-refractivity contribution in [2.45, 2.75) is 27.2 Å². The number of rotatable bonds is 6. The van der Waals surface area contributed by atoms with Crippen LogP contribution >= 0.6 is 0 Å². The molecule has 2 heteroatoms. The van der Waals surface area contributed by atoms with Gasteiger partial charge in [-0.15, -0.1) is 0 Å². The summed E-state index contributed by atoms with van der Waals surface area (Å²) in [5.41, 5.74) is 0.374. The highest BCUT2D eigenvalue weighted by Gasteiger charge is 2.24. The largest absolute Gasteiger partial charge is 0.384 e. The van der Waals surface area contributed by atoms with Gasteiger partial charge in [0.1, 0.15) is 0 Å². The molecule has 0 heterocycles. The number of nitrogens with one attached hydrogen (secondary N) is 1. The Bertz CT molecular complexity index is 112. The van der Waals surface area contributed by atoms with Gasteiger partial charge in [-0.2, -0.15) is 0 Å². The Kier molecular flexibility index (Phi) is 5.51. The summed E-state index contributed by atoms with van der Waals surface area (Å²) in [5, 5.41) is 3.18. The molecule has 0 aliphatic carbocycles. The van der Waals surface area contributed by atoms with Crippen LogP contribution < -0.4 is 5.32 Å². The molecule has 0 aromatic rings. The van der Waals surface area contributed by atoms with Crippen molar-refractivity contribution in [3.8, 4) is 0 Å². The van der Waals surface area contributed by atoms with E-state index >= 15 is 0 Å². The van der Waals surface area contributed by atoms with Gasteiger partial charge in [-0.05, 0) is 31.3 Å². The third kappa shape index (κ3) is 4.07. The monoisotopic (exact) mass is 173 g/mol. The lowest BCUT2D eigenvalue weighted by molar-refractivity contribution is 0.0866. The van der Waals surface area contributed by atoms with Crippen molar-refractivity contribution in [3.63, 3.8) is 0 Å². The standard InChI is InChI=1S/C10H23NO/c1-9(8-12-5)10(2,3)6-7-11-4/h9,11H,6-8H2,1-5H3. The molecule has 74 valence electrons. The summed E-state index contributed by atoms with van der Waals surface area (Å²) in [5.74, 6) is 0.621. The predicted octanol–water partition coefficient (Wildman–Crippen LogP) is 1.90. The normalized spacial score (nSPS) is 14.8. The first-order valence-electron chi connectivity index (χ1n) is 4.68. The number of ether oxygens (including phenoxy) is 1. The topological polar surface area (TPSA) is 21.3 Å². The minimum Gasteiger partial charge on any atom is -0.384 e. The Morgan fingerprint density at radius 2 is 2.00 bits per heavy atom. The van der Waals surface area contributed by atoms with Crippen LogP contribution in [0.25, 0.3) is 0 Å². The molecule has 0 spiro atoms. The van der Waals surface area contributed by atoms with Crippen LogP contribution in [-0.4, -0.2) is 27.3 Å². The fraction of sp³-hybridized carbons (Fsp3) is 1.00. The minimum atomic E-state index is 0.374. The maximum absolute atomic E-state index is 5.15. The molecular formula is C10H23NO. The van der Waals surface area contributed by atoms with Gasteiger partial charge >= 0.3 is 0 Å². The van der Waals surface area contributed by atoms with Crippen molar-refractivity contribution in [1.82, 2.24) is 5.32 Å². The fourth-order valence-corrected chi connectivity index (χ4v) is 1.17.